The van der Waals surface area contributed by atoms with Crippen LogP contribution in [0.1, 0.15) is 36.0 Å². The molecular formula is C16H22N2O3. The predicted molar refractivity (Wildman–Crippen MR) is 79.4 cm³/mol. The van der Waals surface area contributed by atoms with Crippen molar-refractivity contribution in [2.24, 2.45) is 5.92 Å². The van der Waals surface area contributed by atoms with E-state index >= 15 is 0 Å². The molecule has 21 heavy (non-hydrogen) atoms. The molecule has 0 atom stereocenters. The monoisotopic (exact) mass is 290 g/mol. The van der Waals surface area contributed by atoms with Crippen molar-refractivity contribution in [3.63, 3.8) is 0 Å². The van der Waals surface area contributed by atoms with Gasteiger partial charge < -0.3 is 20.4 Å². The van der Waals surface area contributed by atoms with Crippen LogP contribution < -0.4 is 5.32 Å². The van der Waals surface area contributed by atoms with Crippen molar-refractivity contribution in [1.29, 1.82) is 0 Å². The number of carbonyl (C=O) groups is 1. The van der Waals surface area contributed by atoms with Crippen LogP contribution in [0.5, 0.6) is 11.5 Å². The van der Waals surface area contributed by atoms with Crippen LogP contribution in [0, 0.1) is 5.92 Å². The minimum atomic E-state index is -0.286. The first-order chi connectivity index (χ1) is 10.1. The van der Waals surface area contributed by atoms with Gasteiger partial charge >= 0.3 is 0 Å². The number of phenolic OH excluding ortho intramolecular Hbond substituents is 2. The SMILES string of the molecule is O=C(c1c(O)cccc1O)N1CCC(NCC2CC2)CC1. The highest BCUT2D eigenvalue weighted by molar-refractivity contribution is 5.99. The van der Waals surface area contributed by atoms with E-state index in [4.69, 9.17) is 0 Å². The second kappa shape index (κ2) is 5.93. The number of nitrogens with zero attached hydrogens (tertiary/aromatic N) is 1. The molecule has 0 spiro atoms. The number of likely N-dealkylation sites (tertiary alicyclic amines) is 1. The Bertz CT molecular complexity index is 500. The van der Waals surface area contributed by atoms with Crippen molar-refractivity contribution >= 4 is 5.91 Å². The molecule has 1 heterocycles. The maximum absolute atomic E-state index is 12.4. The van der Waals surface area contributed by atoms with Crippen molar-refractivity contribution in [3.05, 3.63) is 23.8 Å². The van der Waals surface area contributed by atoms with Gasteiger partial charge in [-0.05, 0) is 50.3 Å². The van der Waals surface area contributed by atoms with Crippen LogP contribution in [0.25, 0.3) is 0 Å². The summed E-state index contributed by atoms with van der Waals surface area (Å²) in [5, 5.41) is 23.1. The molecule has 0 bridgehead atoms. The highest BCUT2D eigenvalue weighted by Crippen LogP contribution is 2.30. The van der Waals surface area contributed by atoms with Gasteiger partial charge in [-0.1, -0.05) is 6.07 Å². The van der Waals surface area contributed by atoms with Crippen LogP contribution in [0.15, 0.2) is 18.2 Å². The van der Waals surface area contributed by atoms with Gasteiger partial charge in [-0.25, -0.2) is 0 Å². The van der Waals surface area contributed by atoms with Gasteiger partial charge in [0.2, 0.25) is 0 Å². The molecule has 3 N–H and O–H groups in total. The zero-order valence-electron chi connectivity index (χ0n) is 12.1. The number of amides is 1. The summed E-state index contributed by atoms with van der Waals surface area (Å²) in [6.45, 7) is 2.42. The summed E-state index contributed by atoms with van der Waals surface area (Å²) >= 11 is 0. The average molecular weight is 290 g/mol. The molecule has 0 radical (unpaired) electrons. The Morgan fingerprint density at radius 2 is 1.76 bits per heavy atom. The molecule has 5 nitrogen and oxygen atoms in total. The highest BCUT2D eigenvalue weighted by Gasteiger charge is 2.28. The first-order valence-electron chi connectivity index (χ1n) is 7.68. The summed E-state index contributed by atoms with van der Waals surface area (Å²) in [4.78, 5) is 14.1. The van der Waals surface area contributed by atoms with E-state index in [1.54, 1.807) is 4.90 Å². The normalized spacial score (nSPS) is 19.7. The predicted octanol–water partition coefficient (Wildman–Crippen LogP) is 1.70. The third kappa shape index (κ3) is 3.29. The fourth-order valence-corrected chi connectivity index (χ4v) is 2.85. The lowest BCUT2D eigenvalue weighted by atomic mass is 10.0. The number of hydrogen-bond donors (Lipinski definition) is 3. The molecule has 0 aromatic heterocycles. The number of rotatable bonds is 4. The van der Waals surface area contributed by atoms with E-state index in [1.807, 2.05) is 0 Å². The molecule has 1 aliphatic heterocycles. The van der Waals surface area contributed by atoms with E-state index in [0.717, 1.165) is 25.3 Å². The topological polar surface area (TPSA) is 72.8 Å². The standard InChI is InChI=1S/C16H22N2O3/c19-13-2-1-3-14(20)15(13)16(21)18-8-6-12(7-9-18)17-10-11-4-5-11/h1-3,11-12,17,19-20H,4-10H2. The van der Waals surface area contributed by atoms with Crippen molar-refractivity contribution in [2.75, 3.05) is 19.6 Å². The molecule has 114 valence electrons. The van der Waals surface area contributed by atoms with Crippen LogP contribution in [0.4, 0.5) is 0 Å². The van der Waals surface area contributed by atoms with Gasteiger partial charge in [0.1, 0.15) is 17.1 Å². The Kier molecular flexibility index (Phi) is 4.01. The van der Waals surface area contributed by atoms with E-state index in [-0.39, 0.29) is 23.0 Å². The summed E-state index contributed by atoms with van der Waals surface area (Å²) in [6, 6.07) is 4.86. The molecule has 1 saturated carbocycles. The van der Waals surface area contributed by atoms with Crippen molar-refractivity contribution in [3.8, 4) is 11.5 Å². The van der Waals surface area contributed by atoms with E-state index in [2.05, 4.69) is 5.32 Å². The number of aromatic hydroxyl groups is 2. The second-order valence-corrected chi connectivity index (χ2v) is 6.09. The quantitative estimate of drug-likeness (QED) is 0.789. The van der Waals surface area contributed by atoms with E-state index in [0.29, 0.717) is 19.1 Å². The Balaban J connectivity index is 1.57. The van der Waals surface area contributed by atoms with Gasteiger partial charge in [-0.3, -0.25) is 4.79 Å². The molecule has 1 aromatic carbocycles. The van der Waals surface area contributed by atoms with Crippen LogP contribution in [-0.2, 0) is 0 Å². The van der Waals surface area contributed by atoms with Gasteiger partial charge in [0.05, 0.1) is 0 Å². The molecule has 1 saturated heterocycles. The Morgan fingerprint density at radius 3 is 2.33 bits per heavy atom. The lowest BCUT2D eigenvalue weighted by Crippen LogP contribution is -2.45. The molecule has 2 aliphatic rings. The molecule has 1 aromatic rings. The third-order valence-corrected chi connectivity index (χ3v) is 4.41. The maximum Gasteiger partial charge on any atom is 0.261 e. The average Bonchev–Trinajstić information content (AvgIpc) is 3.29. The van der Waals surface area contributed by atoms with E-state index in [1.165, 1.54) is 31.0 Å². The number of nitrogens with one attached hydrogen (secondary N) is 1. The number of hydrogen-bond acceptors (Lipinski definition) is 4. The third-order valence-electron chi connectivity index (χ3n) is 4.41. The first kappa shape index (κ1) is 14.2. The van der Waals surface area contributed by atoms with Crippen molar-refractivity contribution < 1.29 is 15.0 Å². The van der Waals surface area contributed by atoms with Crippen LogP contribution in [0.3, 0.4) is 0 Å². The number of benzene rings is 1. The summed E-state index contributed by atoms with van der Waals surface area (Å²) in [5.41, 5.74) is 0.0156. The minimum Gasteiger partial charge on any atom is -0.507 e. The van der Waals surface area contributed by atoms with E-state index < -0.39 is 0 Å². The lowest BCUT2D eigenvalue weighted by molar-refractivity contribution is 0.0699. The zero-order valence-corrected chi connectivity index (χ0v) is 12.1. The zero-order chi connectivity index (χ0) is 14.8. The fraction of sp³-hybridized carbons (Fsp3) is 0.562. The van der Waals surface area contributed by atoms with Crippen LogP contribution in [-0.4, -0.2) is 46.7 Å². The molecule has 1 aliphatic carbocycles. The Morgan fingerprint density at radius 1 is 1.14 bits per heavy atom. The van der Waals surface area contributed by atoms with Gasteiger partial charge in [0, 0.05) is 19.1 Å². The van der Waals surface area contributed by atoms with Gasteiger partial charge in [0.25, 0.3) is 5.91 Å². The maximum atomic E-state index is 12.4. The van der Waals surface area contributed by atoms with Crippen LogP contribution >= 0.6 is 0 Å². The molecule has 0 unspecified atom stereocenters. The van der Waals surface area contributed by atoms with Gasteiger partial charge in [0.15, 0.2) is 0 Å². The molecular weight excluding hydrogens is 268 g/mol. The largest absolute Gasteiger partial charge is 0.507 e. The van der Waals surface area contributed by atoms with Crippen LogP contribution in [0.2, 0.25) is 0 Å². The smallest absolute Gasteiger partial charge is 0.261 e. The molecule has 2 fully saturated rings. The van der Waals surface area contributed by atoms with Gasteiger partial charge in [-0.15, -0.1) is 0 Å². The molecule has 1 amide bonds. The van der Waals surface area contributed by atoms with Crippen molar-refractivity contribution in [2.45, 2.75) is 31.7 Å². The summed E-state index contributed by atoms with van der Waals surface area (Å²) in [5.74, 6) is 0.261. The summed E-state index contributed by atoms with van der Waals surface area (Å²) < 4.78 is 0. The number of phenols is 2. The summed E-state index contributed by atoms with van der Waals surface area (Å²) in [6.07, 6.45) is 4.54. The number of piperidine rings is 1. The molecule has 3 rings (SSSR count). The fourth-order valence-electron chi connectivity index (χ4n) is 2.85. The van der Waals surface area contributed by atoms with E-state index in [9.17, 15) is 15.0 Å². The van der Waals surface area contributed by atoms with Crippen molar-refractivity contribution in [1.82, 2.24) is 10.2 Å². The Labute approximate surface area is 124 Å². The highest BCUT2D eigenvalue weighted by atomic mass is 16.3. The minimum absolute atomic E-state index is 0.0156. The van der Waals surface area contributed by atoms with Gasteiger partial charge in [-0.2, -0.15) is 0 Å². The molecule has 5 heteroatoms. The second-order valence-electron chi connectivity index (χ2n) is 6.09. The number of carbonyl (C=O) groups excluding carboxylic acids is 1. The summed E-state index contributed by atoms with van der Waals surface area (Å²) in [7, 11) is 0. The lowest BCUT2D eigenvalue weighted by Gasteiger charge is -2.32. The first-order valence-corrected chi connectivity index (χ1v) is 7.68. The Hall–Kier alpha value is -1.75.